The molecule has 9 heteroatoms. The summed E-state index contributed by atoms with van der Waals surface area (Å²) in [5.74, 6) is -0.718. The Labute approximate surface area is 145 Å². The molecule has 2 rings (SSSR count). The number of alkyl halides is 4. The number of hydrogen-bond donors (Lipinski definition) is 1. The van der Waals surface area contributed by atoms with Crippen LogP contribution in [-0.4, -0.2) is 23.8 Å². The minimum absolute atomic E-state index is 0.119. The summed E-state index contributed by atoms with van der Waals surface area (Å²) in [6.07, 6.45) is -5.66. The molecule has 1 amide bonds. The van der Waals surface area contributed by atoms with E-state index in [9.17, 15) is 22.4 Å². The highest BCUT2D eigenvalue weighted by Gasteiger charge is 2.30. The molecule has 0 saturated carbocycles. The number of nitrogens with one attached hydrogen (secondary N) is 1. The lowest BCUT2D eigenvalue weighted by Crippen LogP contribution is -2.26. The first-order valence-corrected chi connectivity index (χ1v) is 8.21. The van der Waals surface area contributed by atoms with Crippen LogP contribution in [0.2, 0.25) is 0 Å². The number of nitrogens with zero attached hydrogens (tertiary/aromatic N) is 1. The van der Waals surface area contributed by atoms with Gasteiger partial charge in [0.2, 0.25) is 0 Å². The number of ether oxygens (including phenoxy) is 1. The zero-order chi connectivity index (χ0) is 18.6. The molecular formula is C16H16F4N2O2S. The smallest absolute Gasteiger partial charge is 0.406 e. The maximum Gasteiger partial charge on any atom is 0.573 e. The monoisotopic (exact) mass is 376 g/mol. The molecule has 1 N–H and O–H groups in total. The Morgan fingerprint density at radius 1 is 1.32 bits per heavy atom. The molecule has 25 heavy (non-hydrogen) atoms. The lowest BCUT2D eigenvalue weighted by atomic mass is 10.1. The zero-order valence-electron chi connectivity index (χ0n) is 13.5. The highest BCUT2D eigenvalue weighted by molar-refractivity contribution is 7.13. The van der Waals surface area contributed by atoms with Gasteiger partial charge in [-0.3, -0.25) is 4.79 Å². The maximum absolute atomic E-state index is 13.5. The van der Waals surface area contributed by atoms with E-state index in [1.54, 1.807) is 6.92 Å². The molecule has 1 atom stereocenters. The predicted octanol–water partition coefficient (Wildman–Crippen LogP) is 4.35. The molecule has 1 unspecified atom stereocenters. The van der Waals surface area contributed by atoms with Gasteiger partial charge in [0.25, 0.3) is 5.91 Å². The van der Waals surface area contributed by atoms with Crippen LogP contribution in [0.15, 0.2) is 24.3 Å². The molecule has 136 valence electrons. The van der Waals surface area contributed by atoms with Gasteiger partial charge in [-0.05, 0) is 38.0 Å². The van der Waals surface area contributed by atoms with E-state index in [2.05, 4.69) is 15.0 Å². The number of amides is 1. The molecule has 0 radical (unpaired) electrons. The van der Waals surface area contributed by atoms with Gasteiger partial charge in [0.05, 0.1) is 10.7 Å². The summed E-state index contributed by atoms with van der Waals surface area (Å²) < 4.78 is 53.5. The van der Waals surface area contributed by atoms with Crippen LogP contribution in [0.25, 0.3) is 0 Å². The average molecular weight is 376 g/mol. The molecule has 2 aromatic rings. The zero-order valence-corrected chi connectivity index (χ0v) is 14.3. The van der Waals surface area contributed by atoms with Crippen molar-refractivity contribution in [2.45, 2.75) is 32.8 Å². The third-order valence-corrected chi connectivity index (χ3v) is 4.18. The molecule has 1 aromatic heterocycles. The second-order valence-corrected chi connectivity index (χ2v) is 6.46. The molecule has 0 aliphatic heterocycles. The molecule has 0 spiro atoms. The molecule has 4 nitrogen and oxygen atoms in total. The summed E-state index contributed by atoms with van der Waals surface area (Å²) in [6, 6.07) is 5.39. The molecule has 0 saturated heterocycles. The topological polar surface area (TPSA) is 51.2 Å². The lowest BCUT2D eigenvalue weighted by molar-refractivity contribution is -0.274. The van der Waals surface area contributed by atoms with Gasteiger partial charge in [-0.2, -0.15) is 0 Å². The van der Waals surface area contributed by atoms with Crippen LogP contribution in [0.1, 0.15) is 39.0 Å². The van der Waals surface area contributed by atoms with Crippen molar-refractivity contribution in [2.24, 2.45) is 0 Å². The van der Waals surface area contributed by atoms with Crippen molar-refractivity contribution in [3.8, 4) is 5.75 Å². The number of hydrogen-bond acceptors (Lipinski definition) is 4. The Morgan fingerprint density at radius 3 is 2.52 bits per heavy atom. The van der Waals surface area contributed by atoms with Crippen LogP contribution in [0.5, 0.6) is 5.75 Å². The van der Waals surface area contributed by atoms with E-state index in [0.29, 0.717) is 11.4 Å². The van der Waals surface area contributed by atoms with Gasteiger partial charge in [-0.15, -0.1) is 24.5 Å². The minimum Gasteiger partial charge on any atom is -0.406 e. The van der Waals surface area contributed by atoms with Gasteiger partial charge in [0.15, 0.2) is 0 Å². The highest BCUT2D eigenvalue weighted by atomic mass is 32.1. The number of carbonyl (C=O) groups excluding carboxylic acids is 1. The quantitative estimate of drug-likeness (QED) is 0.763. The number of benzene rings is 1. The summed E-state index contributed by atoms with van der Waals surface area (Å²) in [6.45, 7) is 3.27. The second kappa shape index (κ2) is 7.81. The molecule has 0 fully saturated rings. The summed E-state index contributed by atoms with van der Waals surface area (Å²) >= 11 is 1.12. The number of thiazole rings is 1. The van der Waals surface area contributed by atoms with Crippen LogP contribution in [-0.2, 0) is 6.42 Å². The van der Waals surface area contributed by atoms with E-state index >= 15 is 0 Å². The molecular weight excluding hydrogens is 360 g/mol. The summed E-state index contributed by atoms with van der Waals surface area (Å²) in [5, 5.41) is 3.26. The van der Waals surface area contributed by atoms with Crippen molar-refractivity contribution in [3.05, 3.63) is 45.4 Å². The molecule has 0 bridgehead atoms. The van der Waals surface area contributed by atoms with Crippen molar-refractivity contribution in [3.63, 3.8) is 0 Å². The number of rotatable bonds is 6. The van der Waals surface area contributed by atoms with E-state index in [4.69, 9.17) is 0 Å². The SMILES string of the molecule is Cc1nc(C(C)F)c(C(=O)NCCc2ccc(OC(F)(F)F)cc2)s1. The van der Waals surface area contributed by atoms with E-state index < -0.39 is 18.4 Å². The molecule has 0 aliphatic carbocycles. The second-order valence-electron chi connectivity index (χ2n) is 5.26. The summed E-state index contributed by atoms with van der Waals surface area (Å²) in [4.78, 5) is 16.4. The predicted molar refractivity (Wildman–Crippen MR) is 85.5 cm³/mol. The molecule has 1 heterocycles. The number of carbonyl (C=O) groups is 1. The van der Waals surface area contributed by atoms with Gasteiger partial charge >= 0.3 is 6.36 Å². The Hall–Kier alpha value is -2.16. The van der Waals surface area contributed by atoms with Gasteiger partial charge in [-0.25, -0.2) is 9.37 Å². The molecule has 0 aliphatic rings. The fraction of sp³-hybridized carbons (Fsp3) is 0.375. The first kappa shape index (κ1) is 19.2. The largest absolute Gasteiger partial charge is 0.573 e. The van der Waals surface area contributed by atoms with E-state index in [-0.39, 0.29) is 22.9 Å². The van der Waals surface area contributed by atoms with Crippen LogP contribution in [0.3, 0.4) is 0 Å². The van der Waals surface area contributed by atoms with Crippen molar-refractivity contribution < 1.29 is 27.1 Å². The van der Waals surface area contributed by atoms with Crippen molar-refractivity contribution in [2.75, 3.05) is 6.54 Å². The van der Waals surface area contributed by atoms with Gasteiger partial charge in [0, 0.05) is 6.54 Å². The highest BCUT2D eigenvalue weighted by Crippen LogP contribution is 2.26. The van der Waals surface area contributed by atoms with Crippen LogP contribution in [0, 0.1) is 6.92 Å². The fourth-order valence-corrected chi connectivity index (χ4v) is 3.05. The normalized spacial score (nSPS) is 12.7. The van der Waals surface area contributed by atoms with Crippen LogP contribution >= 0.6 is 11.3 Å². The standard InChI is InChI=1S/C16H16F4N2O2S/c1-9(17)13-14(25-10(2)22-13)15(23)21-8-7-11-3-5-12(6-4-11)24-16(18,19)20/h3-6,9H,7-8H2,1-2H3,(H,21,23). The van der Waals surface area contributed by atoms with Crippen molar-refractivity contribution in [1.82, 2.24) is 10.3 Å². The number of aryl methyl sites for hydroxylation is 1. The van der Waals surface area contributed by atoms with Crippen LogP contribution < -0.4 is 10.1 Å². The Bertz CT molecular complexity index is 727. The fourth-order valence-electron chi connectivity index (χ4n) is 2.13. The van der Waals surface area contributed by atoms with Crippen molar-refractivity contribution >= 4 is 17.2 Å². The first-order chi connectivity index (χ1) is 11.7. The Balaban J connectivity index is 1.89. The molecule has 1 aromatic carbocycles. The van der Waals surface area contributed by atoms with Crippen molar-refractivity contribution in [1.29, 1.82) is 0 Å². The van der Waals surface area contributed by atoms with E-state index in [0.717, 1.165) is 16.9 Å². The maximum atomic E-state index is 13.5. The number of aromatic nitrogens is 1. The van der Waals surface area contributed by atoms with Crippen LogP contribution in [0.4, 0.5) is 17.6 Å². The third kappa shape index (κ3) is 5.70. The van der Waals surface area contributed by atoms with Gasteiger partial charge in [-0.1, -0.05) is 12.1 Å². The number of halogens is 4. The van der Waals surface area contributed by atoms with E-state index in [1.165, 1.54) is 31.2 Å². The summed E-state index contributed by atoms with van der Waals surface area (Å²) in [7, 11) is 0. The van der Waals surface area contributed by atoms with Gasteiger partial charge in [0.1, 0.15) is 16.8 Å². The lowest BCUT2D eigenvalue weighted by Gasteiger charge is -2.09. The van der Waals surface area contributed by atoms with Gasteiger partial charge < -0.3 is 10.1 Å². The Morgan fingerprint density at radius 2 is 1.96 bits per heavy atom. The van der Waals surface area contributed by atoms with E-state index in [1.807, 2.05) is 0 Å². The summed E-state index contributed by atoms with van der Waals surface area (Å²) in [5.41, 5.74) is 0.850. The third-order valence-electron chi connectivity index (χ3n) is 3.20. The first-order valence-electron chi connectivity index (χ1n) is 7.40. The average Bonchev–Trinajstić information content (AvgIpc) is 2.90. The Kier molecular flexibility index (Phi) is 5.99. The minimum atomic E-state index is -4.73.